The van der Waals surface area contributed by atoms with Gasteiger partial charge in [0.25, 0.3) is 11.6 Å². The van der Waals surface area contributed by atoms with Crippen LogP contribution >= 0.6 is 23.1 Å². The van der Waals surface area contributed by atoms with Gasteiger partial charge in [-0.25, -0.2) is 4.98 Å². The first-order chi connectivity index (χ1) is 16.4. The van der Waals surface area contributed by atoms with Crippen LogP contribution in [0.1, 0.15) is 40.2 Å². The fourth-order valence-electron chi connectivity index (χ4n) is 3.58. The number of carbonyl (C=O) groups is 1. The van der Waals surface area contributed by atoms with Crippen molar-refractivity contribution in [1.29, 1.82) is 10.5 Å². The number of nitrogens with one attached hydrogen (secondary N) is 2. The van der Waals surface area contributed by atoms with Gasteiger partial charge in [-0.1, -0.05) is 6.07 Å². The largest absolute Gasteiger partial charge is 0.312 e. The Bertz CT molecular complexity index is 1410. The molecule has 0 saturated heterocycles. The number of anilines is 1. The minimum Gasteiger partial charge on any atom is -0.312 e. The number of nitro benzene ring substituents is 1. The number of rotatable bonds is 6. The lowest BCUT2D eigenvalue weighted by molar-refractivity contribution is -0.387. The van der Waals surface area contributed by atoms with E-state index >= 15 is 0 Å². The first kappa shape index (κ1) is 23.2. The molecular weight excluding hydrogens is 474 g/mol. The quantitative estimate of drug-likeness (QED) is 0.220. The lowest BCUT2D eigenvalue weighted by atomic mass is 9.96. The summed E-state index contributed by atoms with van der Waals surface area (Å²) in [5.41, 5.74) is 1.32. The van der Waals surface area contributed by atoms with Crippen molar-refractivity contribution in [3.05, 3.63) is 61.3 Å². The van der Waals surface area contributed by atoms with E-state index in [-0.39, 0.29) is 11.3 Å². The molecule has 2 heterocycles. The van der Waals surface area contributed by atoms with E-state index in [1.54, 1.807) is 13.0 Å². The number of nitrogens with zero attached hydrogens (tertiary/aromatic N) is 5. The zero-order valence-electron chi connectivity index (χ0n) is 17.9. The van der Waals surface area contributed by atoms with Crippen molar-refractivity contribution in [3.8, 4) is 12.1 Å². The van der Waals surface area contributed by atoms with Gasteiger partial charge in [-0.05, 0) is 67.6 Å². The highest BCUT2D eigenvalue weighted by Crippen LogP contribution is 2.38. The van der Waals surface area contributed by atoms with E-state index in [0.717, 1.165) is 47.9 Å². The molecule has 1 amide bonds. The average Bonchev–Trinajstić information content (AvgIpc) is 3.39. The summed E-state index contributed by atoms with van der Waals surface area (Å²) in [6.45, 7) is 1.72. The van der Waals surface area contributed by atoms with Gasteiger partial charge >= 0.3 is 0 Å². The van der Waals surface area contributed by atoms with Crippen LogP contribution in [0.4, 0.5) is 10.7 Å². The Morgan fingerprint density at radius 3 is 2.82 bits per heavy atom. The van der Waals surface area contributed by atoms with E-state index < -0.39 is 10.8 Å². The Morgan fingerprint density at radius 2 is 2.15 bits per heavy atom. The van der Waals surface area contributed by atoms with E-state index in [2.05, 4.69) is 26.6 Å². The maximum atomic E-state index is 12.8. The molecule has 0 atom stereocenters. The second kappa shape index (κ2) is 9.87. The first-order valence-corrected chi connectivity index (χ1v) is 11.9. The van der Waals surface area contributed by atoms with Crippen LogP contribution in [0.15, 0.2) is 33.8 Å². The number of carbonyl (C=O) groups excluding carboxylic acids is 1. The molecule has 0 saturated carbocycles. The van der Waals surface area contributed by atoms with E-state index in [1.807, 2.05) is 6.07 Å². The molecule has 0 spiro atoms. The number of hydrogen-bond donors (Lipinski definition) is 2. The number of aromatic amines is 1. The number of aromatic nitrogens is 3. The zero-order valence-corrected chi connectivity index (χ0v) is 19.5. The summed E-state index contributed by atoms with van der Waals surface area (Å²) in [6.07, 6.45) is 4.99. The van der Waals surface area contributed by atoms with Crippen LogP contribution in [0.3, 0.4) is 0 Å². The second-order valence-electron chi connectivity index (χ2n) is 7.44. The molecule has 34 heavy (non-hydrogen) atoms. The number of nitro groups is 1. The van der Waals surface area contributed by atoms with Crippen molar-refractivity contribution in [2.24, 2.45) is 0 Å². The molecule has 0 aliphatic heterocycles. The third-order valence-electron chi connectivity index (χ3n) is 5.14. The molecule has 0 unspecified atom stereocenters. The third kappa shape index (κ3) is 4.83. The van der Waals surface area contributed by atoms with Crippen LogP contribution < -0.4 is 5.32 Å². The summed E-state index contributed by atoms with van der Waals surface area (Å²) >= 11 is 2.39. The standard InChI is InChI=1S/C22H17N7O3S2/c1-12-25-22(28-27-12)34-19-7-6-13(9-17(19)29(31)32)8-14(10-23)20(30)26-21-16(11-24)15-4-2-3-5-18(15)33-21/h6-9H,2-5H2,1H3,(H,26,30)(H,25,27,28). The maximum absolute atomic E-state index is 12.8. The number of aryl methyl sites for hydroxylation is 2. The van der Waals surface area contributed by atoms with Gasteiger partial charge < -0.3 is 5.32 Å². The van der Waals surface area contributed by atoms with E-state index in [1.165, 1.54) is 29.5 Å². The van der Waals surface area contributed by atoms with Crippen LogP contribution in [-0.4, -0.2) is 26.0 Å². The molecule has 12 heteroatoms. The molecular formula is C22H17N7O3S2. The Labute approximate surface area is 202 Å². The summed E-state index contributed by atoms with van der Waals surface area (Å²) in [5, 5.41) is 40.8. The molecule has 1 aliphatic rings. The first-order valence-electron chi connectivity index (χ1n) is 10.2. The van der Waals surface area contributed by atoms with Gasteiger partial charge in [-0.2, -0.15) is 10.5 Å². The van der Waals surface area contributed by atoms with Crippen molar-refractivity contribution in [3.63, 3.8) is 0 Å². The molecule has 0 fully saturated rings. The second-order valence-corrected chi connectivity index (χ2v) is 9.55. The van der Waals surface area contributed by atoms with Gasteiger partial charge in [-0.3, -0.25) is 20.0 Å². The predicted molar refractivity (Wildman–Crippen MR) is 126 cm³/mol. The van der Waals surface area contributed by atoms with Crippen LogP contribution in [0, 0.1) is 39.7 Å². The highest BCUT2D eigenvalue weighted by atomic mass is 32.2. The molecule has 0 radical (unpaired) electrons. The van der Waals surface area contributed by atoms with Crippen molar-refractivity contribution >= 4 is 45.8 Å². The Hall–Kier alpha value is -4.00. The summed E-state index contributed by atoms with van der Waals surface area (Å²) in [4.78, 5) is 29.4. The maximum Gasteiger partial charge on any atom is 0.283 e. The van der Waals surface area contributed by atoms with Gasteiger partial charge in [0.05, 0.1) is 15.4 Å². The monoisotopic (exact) mass is 491 g/mol. The average molecular weight is 492 g/mol. The van der Waals surface area contributed by atoms with Gasteiger partial charge in [0.1, 0.15) is 28.5 Å². The van der Waals surface area contributed by atoms with Gasteiger partial charge in [0, 0.05) is 10.9 Å². The van der Waals surface area contributed by atoms with Crippen LogP contribution in [0.5, 0.6) is 0 Å². The minimum atomic E-state index is -0.671. The lowest BCUT2D eigenvalue weighted by Gasteiger charge is -2.09. The summed E-state index contributed by atoms with van der Waals surface area (Å²) in [6, 6.07) is 8.40. The van der Waals surface area contributed by atoms with Crippen LogP contribution in [0.25, 0.3) is 6.08 Å². The SMILES string of the molecule is Cc1nc(Sc2ccc(C=C(C#N)C(=O)Nc3sc4c(c3C#N)CCCC4)cc2[N+](=O)[O-])n[nH]1. The number of nitriles is 2. The smallest absolute Gasteiger partial charge is 0.283 e. The topological polar surface area (TPSA) is 161 Å². The fourth-order valence-corrected chi connectivity index (χ4v) is 5.66. The van der Waals surface area contributed by atoms with Crippen LogP contribution in [0.2, 0.25) is 0 Å². The van der Waals surface area contributed by atoms with Gasteiger partial charge in [0.2, 0.25) is 5.16 Å². The highest BCUT2D eigenvalue weighted by molar-refractivity contribution is 7.99. The fraction of sp³-hybridized carbons (Fsp3) is 0.227. The number of benzene rings is 1. The molecule has 2 aromatic heterocycles. The number of hydrogen-bond acceptors (Lipinski definition) is 9. The summed E-state index contributed by atoms with van der Waals surface area (Å²) < 4.78 is 0. The Balaban J connectivity index is 1.60. The number of thiophene rings is 1. The molecule has 1 aromatic carbocycles. The zero-order chi connectivity index (χ0) is 24.2. The Kier molecular flexibility index (Phi) is 6.72. The number of fused-ring (bicyclic) bond motifs is 1. The van der Waals surface area contributed by atoms with Gasteiger partial charge in [0.15, 0.2) is 0 Å². The molecule has 3 aromatic rings. The van der Waals surface area contributed by atoms with Crippen molar-refractivity contribution < 1.29 is 9.72 Å². The van der Waals surface area contributed by atoms with Crippen molar-refractivity contribution in [2.45, 2.75) is 42.7 Å². The Morgan fingerprint density at radius 1 is 1.35 bits per heavy atom. The molecule has 4 rings (SSSR count). The molecule has 1 aliphatic carbocycles. The lowest BCUT2D eigenvalue weighted by Crippen LogP contribution is -2.13. The molecule has 10 nitrogen and oxygen atoms in total. The third-order valence-corrected chi connectivity index (χ3v) is 7.28. The van der Waals surface area contributed by atoms with E-state index in [4.69, 9.17) is 0 Å². The summed E-state index contributed by atoms with van der Waals surface area (Å²) in [5.74, 6) is -0.0876. The minimum absolute atomic E-state index is 0.198. The highest BCUT2D eigenvalue weighted by Gasteiger charge is 2.23. The predicted octanol–water partition coefficient (Wildman–Crippen LogP) is 4.53. The molecule has 0 bridgehead atoms. The number of H-pyrrole nitrogens is 1. The molecule has 170 valence electrons. The van der Waals surface area contributed by atoms with Crippen LogP contribution in [-0.2, 0) is 17.6 Å². The van der Waals surface area contributed by atoms with Gasteiger partial charge in [-0.15, -0.1) is 16.4 Å². The molecule has 2 N–H and O–H groups in total. The van der Waals surface area contributed by atoms with E-state index in [0.29, 0.717) is 32.0 Å². The van der Waals surface area contributed by atoms with Crippen molar-refractivity contribution in [2.75, 3.05) is 5.32 Å². The van der Waals surface area contributed by atoms with Crippen molar-refractivity contribution in [1.82, 2.24) is 15.2 Å². The normalized spacial score (nSPS) is 13.0. The number of amides is 1. The summed E-state index contributed by atoms with van der Waals surface area (Å²) in [7, 11) is 0. The van der Waals surface area contributed by atoms with E-state index in [9.17, 15) is 25.4 Å².